The minimum Gasteiger partial charge on any atom is -0.288 e. The first-order valence-electron chi connectivity index (χ1n) is 4.83. The summed E-state index contributed by atoms with van der Waals surface area (Å²) in [5.41, 5.74) is 0. The normalized spacial score (nSPS) is 23.1. The molecule has 1 aliphatic heterocycles. The quantitative estimate of drug-likeness (QED) is 0.603. The van der Waals surface area contributed by atoms with Gasteiger partial charge in [0.2, 0.25) is 5.96 Å². The Bertz CT molecular complexity index is 289. The fourth-order valence-electron chi connectivity index (χ4n) is 1.49. The average molecular weight is 195 g/mol. The summed E-state index contributed by atoms with van der Waals surface area (Å²) in [6.45, 7) is 2.81. The van der Waals surface area contributed by atoms with Crippen molar-refractivity contribution in [1.82, 2.24) is 10.6 Å². The van der Waals surface area contributed by atoms with Crippen LogP contribution >= 0.6 is 0 Å². The maximum absolute atomic E-state index is 10.8. The van der Waals surface area contributed by atoms with E-state index >= 15 is 0 Å². The van der Waals surface area contributed by atoms with Gasteiger partial charge in [0, 0.05) is 6.54 Å². The van der Waals surface area contributed by atoms with Crippen LogP contribution in [0.5, 0.6) is 0 Å². The first kappa shape index (κ1) is 9.18. The second kappa shape index (κ2) is 3.40. The third kappa shape index (κ3) is 1.92. The van der Waals surface area contributed by atoms with Crippen molar-refractivity contribution < 1.29 is 9.59 Å². The second-order valence-electron chi connectivity index (χ2n) is 3.91. The standard InChI is InChI=1S/C9H13N3O2/c1-5(6-2-3-6)4-10-9-11-7(13)8(14)12-9/h5-6H,2-4H2,1H3,(H2,10,11,12,13,14). The number of aliphatic imine (C=N–C) groups is 1. The zero-order chi connectivity index (χ0) is 10.1. The van der Waals surface area contributed by atoms with Crippen LogP contribution in [-0.4, -0.2) is 24.3 Å². The minimum absolute atomic E-state index is 0.299. The van der Waals surface area contributed by atoms with Gasteiger partial charge in [-0.2, -0.15) is 0 Å². The molecule has 0 aromatic rings. The van der Waals surface area contributed by atoms with Gasteiger partial charge >= 0.3 is 11.8 Å². The van der Waals surface area contributed by atoms with E-state index < -0.39 is 11.8 Å². The van der Waals surface area contributed by atoms with Crippen LogP contribution < -0.4 is 10.6 Å². The van der Waals surface area contributed by atoms with Crippen LogP contribution in [0.25, 0.3) is 0 Å². The van der Waals surface area contributed by atoms with Crippen LogP contribution in [0.4, 0.5) is 0 Å². The van der Waals surface area contributed by atoms with E-state index in [2.05, 4.69) is 22.5 Å². The van der Waals surface area contributed by atoms with Crippen LogP contribution in [0.1, 0.15) is 19.8 Å². The summed E-state index contributed by atoms with van der Waals surface area (Å²) >= 11 is 0. The Kier molecular flexibility index (Phi) is 2.23. The summed E-state index contributed by atoms with van der Waals surface area (Å²) in [4.78, 5) is 25.7. The number of carbonyl (C=O) groups excluding carboxylic acids is 2. The Morgan fingerprint density at radius 3 is 2.43 bits per heavy atom. The minimum atomic E-state index is -0.622. The number of amides is 2. The van der Waals surface area contributed by atoms with Gasteiger partial charge in [0.05, 0.1) is 0 Å². The molecule has 0 radical (unpaired) electrons. The molecule has 1 heterocycles. The fourth-order valence-corrected chi connectivity index (χ4v) is 1.49. The molecule has 1 unspecified atom stereocenters. The summed E-state index contributed by atoms with van der Waals surface area (Å²) in [5, 5.41) is 4.74. The number of hydrogen-bond acceptors (Lipinski definition) is 3. The molecule has 2 N–H and O–H groups in total. The SMILES string of the molecule is CC(CN=C1NC(=O)C(=O)N1)C1CC1. The molecule has 14 heavy (non-hydrogen) atoms. The van der Waals surface area contributed by atoms with Gasteiger partial charge in [-0.3, -0.25) is 25.2 Å². The second-order valence-corrected chi connectivity index (χ2v) is 3.91. The Balaban J connectivity index is 1.86. The van der Waals surface area contributed by atoms with Crippen LogP contribution in [0.2, 0.25) is 0 Å². The van der Waals surface area contributed by atoms with Gasteiger partial charge in [-0.1, -0.05) is 6.92 Å². The zero-order valence-electron chi connectivity index (χ0n) is 8.04. The lowest BCUT2D eigenvalue weighted by atomic mass is 10.1. The molecule has 2 rings (SSSR count). The van der Waals surface area contributed by atoms with Crippen molar-refractivity contribution in [2.45, 2.75) is 19.8 Å². The molecule has 0 bridgehead atoms. The van der Waals surface area contributed by atoms with Crippen molar-refractivity contribution >= 4 is 17.8 Å². The van der Waals surface area contributed by atoms with Crippen LogP contribution in [-0.2, 0) is 9.59 Å². The van der Waals surface area contributed by atoms with Crippen LogP contribution in [0.3, 0.4) is 0 Å². The van der Waals surface area contributed by atoms with E-state index in [1.54, 1.807) is 0 Å². The molecular weight excluding hydrogens is 182 g/mol. The summed E-state index contributed by atoms with van der Waals surface area (Å²) in [5.74, 6) is 0.377. The summed E-state index contributed by atoms with van der Waals surface area (Å²) < 4.78 is 0. The molecule has 1 atom stereocenters. The maximum atomic E-state index is 10.8. The van der Waals surface area contributed by atoms with Gasteiger partial charge in [-0.25, -0.2) is 0 Å². The largest absolute Gasteiger partial charge is 0.316 e. The molecule has 5 nitrogen and oxygen atoms in total. The third-order valence-electron chi connectivity index (χ3n) is 2.63. The highest BCUT2D eigenvalue weighted by Gasteiger charge is 2.29. The summed E-state index contributed by atoms with van der Waals surface area (Å²) in [6, 6.07) is 0. The number of rotatable bonds is 3. The van der Waals surface area contributed by atoms with Gasteiger partial charge in [-0.15, -0.1) is 0 Å². The number of nitrogens with one attached hydrogen (secondary N) is 2. The van der Waals surface area contributed by atoms with Crippen molar-refractivity contribution in [3.63, 3.8) is 0 Å². The van der Waals surface area contributed by atoms with Crippen molar-refractivity contribution in [3.8, 4) is 0 Å². The van der Waals surface area contributed by atoms with Crippen molar-refractivity contribution in [1.29, 1.82) is 0 Å². The zero-order valence-corrected chi connectivity index (χ0v) is 8.04. The summed E-state index contributed by atoms with van der Waals surface area (Å²) in [7, 11) is 0. The van der Waals surface area contributed by atoms with Crippen LogP contribution in [0.15, 0.2) is 4.99 Å². The molecule has 2 aliphatic rings. The van der Waals surface area contributed by atoms with E-state index in [4.69, 9.17) is 0 Å². The monoisotopic (exact) mass is 195 g/mol. The van der Waals surface area contributed by atoms with E-state index in [1.165, 1.54) is 12.8 Å². The predicted octanol–water partition coefficient (Wildman–Crippen LogP) is -0.366. The maximum Gasteiger partial charge on any atom is 0.316 e. The highest BCUT2D eigenvalue weighted by atomic mass is 16.2. The third-order valence-corrected chi connectivity index (χ3v) is 2.63. The molecule has 2 fully saturated rings. The lowest BCUT2D eigenvalue weighted by molar-refractivity contribution is -0.135. The number of carbonyl (C=O) groups is 2. The predicted molar refractivity (Wildman–Crippen MR) is 50.5 cm³/mol. The summed E-state index contributed by atoms with van der Waals surface area (Å²) in [6.07, 6.45) is 2.56. The van der Waals surface area contributed by atoms with E-state index in [1.807, 2.05) is 0 Å². The van der Waals surface area contributed by atoms with Crippen LogP contribution in [0, 0.1) is 11.8 Å². The van der Waals surface area contributed by atoms with Crippen molar-refractivity contribution in [3.05, 3.63) is 0 Å². The topological polar surface area (TPSA) is 70.6 Å². The number of guanidine groups is 1. The van der Waals surface area contributed by atoms with Gasteiger partial charge in [0.15, 0.2) is 0 Å². The molecular formula is C9H13N3O2. The van der Waals surface area contributed by atoms with Gasteiger partial charge in [0.1, 0.15) is 0 Å². The average Bonchev–Trinajstić information content (AvgIpc) is 2.92. The van der Waals surface area contributed by atoms with E-state index in [9.17, 15) is 9.59 Å². The Morgan fingerprint density at radius 2 is 1.93 bits per heavy atom. The molecule has 1 saturated heterocycles. The highest BCUT2D eigenvalue weighted by molar-refractivity contribution is 6.45. The first-order valence-corrected chi connectivity index (χ1v) is 4.83. The molecule has 1 aliphatic carbocycles. The molecule has 5 heteroatoms. The Labute approximate surface area is 82.0 Å². The lowest BCUT2D eigenvalue weighted by Gasteiger charge is -2.05. The molecule has 76 valence electrons. The fraction of sp³-hybridized carbons (Fsp3) is 0.667. The Hall–Kier alpha value is -1.39. The van der Waals surface area contributed by atoms with Crippen molar-refractivity contribution in [2.24, 2.45) is 16.8 Å². The molecule has 2 amide bonds. The number of hydrogen-bond donors (Lipinski definition) is 2. The first-order chi connectivity index (χ1) is 6.66. The molecule has 0 spiro atoms. The molecule has 0 aromatic carbocycles. The van der Waals surface area contributed by atoms with Gasteiger partial charge in [0.25, 0.3) is 0 Å². The lowest BCUT2D eigenvalue weighted by Crippen LogP contribution is -2.26. The van der Waals surface area contributed by atoms with Gasteiger partial charge in [-0.05, 0) is 24.7 Å². The van der Waals surface area contributed by atoms with E-state index in [-0.39, 0.29) is 0 Å². The highest BCUT2D eigenvalue weighted by Crippen LogP contribution is 2.36. The van der Waals surface area contributed by atoms with E-state index in [0.717, 1.165) is 5.92 Å². The smallest absolute Gasteiger partial charge is 0.288 e. The Morgan fingerprint density at radius 1 is 1.36 bits per heavy atom. The molecule has 0 aromatic heterocycles. The van der Waals surface area contributed by atoms with Gasteiger partial charge < -0.3 is 0 Å². The number of nitrogens with zero attached hydrogens (tertiary/aromatic N) is 1. The molecule has 1 saturated carbocycles. The van der Waals surface area contributed by atoms with E-state index in [0.29, 0.717) is 18.4 Å². The van der Waals surface area contributed by atoms with Crippen molar-refractivity contribution in [2.75, 3.05) is 6.54 Å².